The van der Waals surface area contributed by atoms with Gasteiger partial charge in [0, 0.05) is 10.7 Å². The molecule has 0 spiro atoms. The third kappa shape index (κ3) is 5.54. The van der Waals surface area contributed by atoms with Gasteiger partial charge in [0.05, 0.1) is 10.9 Å². The summed E-state index contributed by atoms with van der Waals surface area (Å²) >= 11 is 10.7. The van der Waals surface area contributed by atoms with Gasteiger partial charge in [-0.25, -0.2) is 13.5 Å². The smallest absolute Gasteiger partial charge is 0.261 e. The van der Waals surface area contributed by atoms with Gasteiger partial charge in [0.1, 0.15) is 4.99 Å². The van der Waals surface area contributed by atoms with Crippen LogP contribution in [0.1, 0.15) is 19.4 Å². The van der Waals surface area contributed by atoms with Crippen molar-refractivity contribution in [2.45, 2.75) is 24.8 Å². The van der Waals surface area contributed by atoms with Gasteiger partial charge in [-0.3, -0.25) is 9.93 Å². The summed E-state index contributed by atoms with van der Waals surface area (Å²) in [5.74, 6) is 0. The Kier molecular flexibility index (Phi) is 6.77. The highest BCUT2D eigenvalue weighted by molar-refractivity contribution is 7.92. The van der Waals surface area contributed by atoms with Crippen molar-refractivity contribution in [1.29, 1.82) is 0 Å². The summed E-state index contributed by atoms with van der Waals surface area (Å²) in [5.41, 5.74) is 1.11. The Morgan fingerprint density at radius 2 is 1.92 bits per heavy atom. The number of benzene rings is 2. The van der Waals surface area contributed by atoms with Crippen LogP contribution in [0.2, 0.25) is 5.02 Å². The Labute approximate surface area is 163 Å². The standard InChI is InChI=1S/C18H19ClN2O3S2/c1-13(21(22)14(2)25)6-7-15-4-3-5-18(12-15)26(23,24)20-17-10-8-16(19)9-11-17/h3-13,20,22H,1-2H3/b7-6+. The van der Waals surface area contributed by atoms with Crippen molar-refractivity contribution >= 4 is 50.6 Å². The molecule has 2 aromatic carbocycles. The number of sulfonamides is 1. The molecule has 2 aromatic rings. The predicted octanol–water partition coefficient (Wildman–Crippen LogP) is 4.58. The molecule has 0 saturated carbocycles. The van der Waals surface area contributed by atoms with Gasteiger partial charge in [-0.05, 0) is 55.8 Å². The fourth-order valence-corrected chi connectivity index (χ4v) is 3.54. The lowest BCUT2D eigenvalue weighted by atomic mass is 10.2. The summed E-state index contributed by atoms with van der Waals surface area (Å²) < 4.78 is 27.6. The maximum Gasteiger partial charge on any atom is 0.261 e. The molecule has 2 N–H and O–H groups in total. The maximum atomic E-state index is 12.5. The Balaban J connectivity index is 2.19. The highest BCUT2D eigenvalue weighted by atomic mass is 35.5. The average molecular weight is 411 g/mol. The lowest BCUT2D eigenvalue weighted by molar-refractivity contribution is -0.0305. The first kappa shape index (κ1) is 20.4. The average Bonchev–Trinajstić information content (AvgIpc) is 2.61. The number of hydroxylamine groups is 2. The van der Waals surface area contributed by atoms with Crippen LogP contribution in [0.15, 0.2) is 59.5 Å². The van der Waals surface area contributed by atoms with Gasteiger partial charge in [0.15, 0.2) is 0 Å². The zero-order valence-corrected chi connectivity index (χ0v) is 16.6. The third-order valence-corrected chi connectivity index (χ3v) is 5.36. The van der Waals surface area contributed by atoms with Gasteiger partial charge in [0.25, 0.3) is 10.0 Å². The van der Waals surface area contributed by atoms with Crippen molar-refractivity contribution < 1.29 is 13.6 Å². The van der Waals surface area contributed by atoms with Crippen LogP contribution >= 0.6 is 23.8 Å². The molecular weight excluding hydrogens is 392 g/mol. The summed E-state index contributed by atoms with van der Waals surface area (Å²) in [6.45, 7) is 3.39. The van der Waals surface area contributed by atoms with Gasteiger partial charge >= 0.3 is 0 Å². The topological polar surface area (TPSA) is 69.6 Å². The molecule has 0 saturated heterocycles. The summed E-state index contributed by atoms with van der Waals surface area (Å²) in [4.78, 5) is 0.486. The number of nitrogens with one attached hydrogen (secondary N) is 1. The van der Waals surface area contributed by atoms with Crippen molar-refractivity contribution in [2.24, 2.45) is 0 Å². The lowest BCUT2D eigenvalue weighted by Gasteiger charge is -2.20. The molecule has 26 heavy (non-hydrogen) atoms. The van der Waals surface area contributed by atoms with Crippen LogP contribution < -0.4 is 4.72 Å². The van der Waals surface area contributed by atoms with Crippen molar-refractivity contribution in [2.75, 3.05) is 4.72 Å². The Morgan fingerprint density at radius 1 is 1.27 bits per heavy atom. The molecule has 0 aliphatic heterocycles. The van der Waals surface area contributed by atoms with E-state index in [0.29, 0.717) is 21.3 Å². The van der Waals surface area contributed by atoms with E-state index < -0.39 is 10.0 Å². The van der Waals surface area contributed by atoms with Crippen LogP contribution in [0.25, 0.3) is 6.08 Å². The zero-order chi connectivity index (χ0) is 19.3. The second-order valence-corrected chi connectivity index (χ2v) is 8.36. The summed E-state index contributed by atoms with van der Waals surface area (Å²) in [6.07, 6.45) is 3.46. The van der Waals surface area contributed by atoms with Crippen molar-refractivity contribution in [3.05, 3.63) is 65.2 Å². The first-order valence-corrected chi connectivity index (χ1v) is 10.0. The molecule has 0 radical (unpaired) electrons. The van der Waals surface area contributed by atoms with E-state index in [0.717, 1.165) is 5.06 Å². The van der Waals surface area contributed by atoms with E-state index in [9.17, 15) is 13.6 Å². The van der Waals surface area contributed by atoms with E-state index in [1.165, 1.54) is 6.07 Å². The minimum atomic E-state index is -3.72. The number of halogens is 1. The first-order chi connectivity index (χ1) is 12.2. The Hall–Kier alpha value is -1.93. The molecule has 1 unspecified atom stereocenters. The van der Waals surface area contributed by atoms with Crippen LogP contribution in [0.5, 0.6) is 0 Å². The van der Waals surface area contributed by atoms with Gasteiger partial charge in [-0.2, -0.15) is 0 Å². The number of nitrogens with zero attached hydrogens (tertiary/aromatic N) is 1. The van der Waals surface area contributed by atoms with E-state index in [2.05, 4.69) is 4.72 Å². The SMILES string of the molecule is CC(=S)N(O)C(C)/C=C/c1cccc(S(=O)(=O)Nc2ccc(Cl)cc2)c1. The van der Waals surface area contributed by atoms with Gasteiger partial charge in [-0.1, -0.05) is 48.1 Å². The van der Waals surface area contributed by atoms with Crippen molar-refractivity contribution in [3.63, 3.8) is 0 Å². The first-order valence-electron chi connectivity index (χ1n) is 7.74. The molecule has 2 rings (SSSR count). The number of hydrogen-bond acceptors (Lipinski definition) is 4. The van der Waals surface area contributed by atoms with Crippen LogP contribution in [0, 0.1) is 0 Å². The number of hydrogen-bond donors (Lipinski definition) is 2. The van der Waals surface area contributed by atoms with Crippen molar-refractivity contribution in [1.82, 2.24) is 5.06 Å². The zero-order valence-electron chi connectivity index (χ0n) is 14.3. The maximum absolute atomic E-state index is 12.5. The number of rotatable bonds is 6. The lowest BCUT2D eigenvalue weighted by Crippen LogP contribution is -2.31. The highest BCUT2D eigenvalue weighted by Gasteiger charge is 2.14. The Morgan fingerprint density at radius 3 is 2.54 bits per heavy atom. The normalized spacial score (nSPS) is 12.8. The van der Waals surface area contributed by atoms with E-state index >= 15 is 0 Å². The van der Waals surface area contributed by atoms with Crippen LogP contribution in [-0.2, 0) is 10.0 Å². The molecule has 8 heteroatoms. The molecule has 0 bridgehead atoms. The number of thiocarbonyl (C=S) groups is 1. The molecule has 0 heterocycles. The fraction of sp³-hybridized carbons (Fsp3) is 0.167. The molecule has 1 atom stereocenters. The summed E-state index contributed by atoms with van der Waals surface area (Å²) in [6, 6.07) is 12.6. The molecule has 5 nitrogen and oxygen atoms in total. The fourth-order valence-electron chi connectivity index (χ4n) is 2.14. The monoisotopic (exact) mass is 410 g/mol. The highest BCUT2D eigenvalue weighted by Crippen LogP contribution is 2.19. The van der Waals surface area contributed by atoms with Crippen LogP contribution in [0.3, 0.4) is 0 Å². The predicted molar refractivity (Wildman–Crippen MR) is 109 cm³/mol. The van der Waals surface area contributed by atoms with E-state index in [-0.39, 0.29) is 10.9 Å². The minimum Gasteiger partial charge on any atom is -0.287 e. The summed E-state index contributed by atoms with van der Waals surface area (Å²) in [7, 11) is -3.72. The molecule has 0 aromatic heterocycles. The summed E-state index contributed by atoms with van der Waals surface area (Å²) in [5, 5.41) is 11.3. The second kappa shape index (κ2) is 8.64. The molecule has 0 amide bonds. The van der Waals surface area contributed by atoms with Crippen LogP contribution in [-0.4, -0.2) is 29.7 Å². The molecule has 0 aliphatic carbocycles. The third-order valence-electron chi connectivity index (χ3n) is 3.54. The molecular formula is C18H19ClN2O3S2. The van der Waals surface area contributed by atoms with Gasteiger partial charge in [-0.15, -0.1) is 0 Å². The van der Waals surface area contributed by atoms with Gasteiger partial charge in [0.2, 0.25) is 0 Å². The molecule has 0 aliphatic rings. The largest absolute Gasteiger partial charge is 0.287 e. The van der Waals surface area contributed by atoms with Crippen LogP contribution in [0.4, 0.5) is 5.69 Å². The Bertz CT molecular complexity index is 912. The van der Waals surface area contributed by atoms with E-state index in [1.807, 2.05) is 0 Å². The van der Waals surface area contributed by atoms with Gasteiger partial charge < -0.3 is 0 Å². The minimum absolute atomic E-state index is 0.133. The number of anilines is 1. The second-order valence-electron chi connectivity index (χ2n) is 5.65. The quantitative estimate of drug-likeness (QED) is 0.538. The molecule has 0 fully saturated rings. The van der Waals surface area contributed by atoms with Crippen molar-refractivity contribution in [3.8, 4) is 0 Å². The van der Waals surface area contributed by atoms with E-state index in [1.54, 1.807) is 68.5 Å². The molecule has 138 valence electrons. The van der Waals surface area contributed by atoms with E-state index in [4.69, 9.17) is 23.8 Å².